The number of aromatic carboxylic acids is 1. The molecule has 0 spiro atoms. The summed E-state index contributed by atoms with van der Waals surface area (Å²) in [5.41, 5.74) is 0.320. The predicted molar refractivity (Wildman–Crippen MR) is 169 cm³/mol. The van der Waals surface area contributed by atoms with E-state index in [4.69, 9.17) is 51.5 Å². The highest BCUT2D eigenvalue weighted by molar-refractivity contribution is 8.00. The molecule has 4 rings (SSSR count). The molecule has 0 bridgehead atoms. The lowest BCUT2D eigenvalue weighted by Gasteiger charge is -2.18. The van der Waals surface area contributed by atoms with E-state index in [1.807, 2.05) is 6.07 Å². The molecule has 4 aromatic carbocycles. The number of carboxylic acids is 1. The quantitative estimate of drug-likeness (QED) is 0.0808. The molecule has 0 saturated carbocycles. The number of nitrogens with one attached hydrogen (secondary N) is 2. The van der Waals surface area contributed by atoms with E-state index in [0.29, 0.717) is 21.8 Å². The van der Waals surface area contributed by atoms with Gasteiger partial charge in [-0.2, -0.15) is 0 Å². The van der Waals surface area contributed by atoms with E-state index in [1.54, 1.807) is 48.5 Å². The van der Waals surface area contributed by atoms with Gasteiger partial charge in [-0.15, -0.1) is 11.8 Å². The number of carbonyl (C=O) groups excluding carboxylic acids is 2. The van der Waals surface area contributed by atoms with Crippen molar-refractivity contribution < 1.29 is 27.9 Å². The third kappa shape index (κ3) is 7.63. The Morgan fingerprint density at radius 2 is 1.23 bits per heavy atom. The smallest absolute Gasteiger partial charge is 0.338 e. The topological polar surface area (TPSA) is 156 Å². The zero-order valence-corrected chi connectivity index (χ0v) is 26.1. The van der Waals surface area contributed by atoms with Crippen molar-refractivity contribution in [3.8, 4) is 0 Å². The molecular weight excluding hydrogens is 680 g/mol. The number of anilines is 2. The van der Waals surface area contributed by atoms with E-state index in [2.05, 4.69) is 10.6 Å². The Hall–Kier alpha value is -3.29. The minimum Gasteiger partial charge on any atom is -0.478 e. The number of thioether (sulfide) groups is 1. The Morgan fingerprint density at radius 3 is 1.77 bits per heavy atom. The molecule has 1 atom stereocenters. The number of hydrogen-bond acceptors (Lipinski definition) is 6. The lowest BCUT2D eigenvalue weighted by Crippen LogP contribution is -2.19. The number of halogens is 4. The van der Waals surface area contributed by atoms with E-state index >= 15 is 0 Å². The number of sulfonamides is 1. The summed E-state index contributed by atoms with van der Waals surface area (Å²) in [5, 5.41) is 18.0. The number of nitrogens with two attached hydrogens (primary N) is 1. The highest BCUT2D eigenvalue weighted by Crippen LogP contribution is 2.42. The standard InChI is InChI=1S/C28H19Cl4N3O6S2/c29-21-19(20(28(38)39)22(30)24(32)23(21)31)26(36)34-15-6-10-17(11-7-15)42-25(14-4-2-1-3-5-14)27(37)35-16-8-12-18(13-9-16)43(33,40)41/h1-13,25H,(H,34,36)(H,35,37)(H,38,39)(H2,33,40,41). The van der Waals surface area contributed by atoms with Crippen molar-refractivity contribution in [1.82, 2.24) is 0 Å². The predicted octanol–water partition coefficient (Wildman–Crippen LogP) is 7.37. The number of carbonyl (C=O) groups is 3. The Labute approximate surface area is 270 Å². The molecule has 5 N–H and O–H groups in total. The largest absolute Gasteiger partial charge is 0.478 e. The average molecular weight is 699 g/mol. The molecule has 0 radical (unpaired) electrons. The van der Waals surface area contributed by atoms with Crippen molar-refractivity contribution in [2.24, 2.45) is 5.14 Å². The fraction of sp³-hybridized carbons (Fsp3) is 0.0357. The molecular formula is C28H19Cl4N3O6S2. The summed E-state index contributed by atoms with van der Waals surface area (Å²) in [7, 11) is -3.88. The first-order valence-electron chi connectivity index (χ1n) is 11.9. The van der Waals surface area contributed by atoms with E-state index in [9.17, 15) is 27.9 Å². The second kappa shape index (κ2) is 13.6. The molecule has 15 heteroatoms. The van der Waals surface area contributed by atoms with E-state index in [0.717, 1.165) is 0 Å². The Kier molecular flexibility index (Phi) is 10.3. The second-order valence-corrected chi connectivity index (χ2v) is 13.0. The summed E-state index contributed by atoms with van der Waals surface area (Å²) in [6.45, 7) is 0. The van der Waals surface area contributed by atoms with Crippen molar-refractivity contribution in [3.63, 3.8) is 0 Å². The van der Waals surface area contributed by atoms with Crippen LogP contribution in [0.2, 0.25) is 20.1 Å². The number of hydrogen-bond donors (Lipinski definition) is 4. The molecule has 1 unspecified atom stereocenters. The van der Waals surface area contributed by atoms with Crippen LogP contribution >= 0.6 is 58.2 Å². The van der Waals surface area contributed by atoms with Gasteiger partial charge in [-0.05, 0) is 54.1 Å². The molecule has 43 heavy (non-hydrogen) atoms. The van der Waals surface area contributed by atoms with Gasteiger partial charge in [0.05, 0.1) is 36.1 Å². The number of rotatable bonds is 9. The van der Waals surface area contributed by atoms with Crippen LogP contribution in [-0.2, 0) is 14.8 Å². The Bertz CT molecular complexity index is 1820. The second-order valence-electron chi connectivity index (χ2n) is 8.76. The van der Waals surface area contributed by atoms with Crippen LogP contribution < -0.4 is 15.8 Å². The molecule has 0 aliphatic carbocycles. The zero-order valence-electron chi connectivity index (χ0n) is 21.5. The van der Waals surface area contributed by atoms with Crippen molar-refractivity contribution >= 4 is 97.3 Å². The van der Waals surface area contributed by atoms with Crippen molar-refractivity contribution in [3.05, 3.63) is 116 Å². The van der Waals surface area contributed by atoms with Gasteiger partial charge in [0.2, 0.25) is 15.9 Å². The SMILES string of the molecule is NS(=O)(=O)c1ccc(NC(=O)C(Sc2ccc(NC(=O)c3c(Cl)c(Cl)c(Cl)c(Cl)c3C(=O)O)cc2)c2ccccc2)cc1. The van der Waals surface area contributed by atoms with Crippen LogP contribution in [0.4, 0.5) is 11.4 Å². The van der Waals surface area contributed by atoms with Gasteiger partial charge >= 0.3 is 5.97 Å². The third-order valence-electron chi connectivity index (χ3n) is 5.86. The van der Waals surface area contributed by atoms with Crippen LogP contribution in [0.3, 0.4) is 0 Å². The van der Waals surface area contributed by atoms with Gasteiger partial charge in [0.25, 0.3) is 5.91 Å². The monoisotopic (exact) mass is 697 g/mol. The highest BCUT2D eigenvalue weighted by Gasteiger charge is 2.29. The molecule has 0 fully saturated rings. The van der Waals surface area contributed by atoms with Crippen molar-refractivity contribution in [2.75, 3.05) is 10.6 Å². The number of amides is 2. The van der Waals surface area contributed by atoms with Crippen molar-refractivity contribution in [1.29, 1.82) is 0 Å². The van der Waals surface area contributed by atoms with Crippen molar-refractivity contribution in [2.45, 2.75) is 15.0 Å². The first-order chi connectivity index (χ1) is 20.3. The zero-order chi connectivity index (χ0) is 31.5. The van der Waals surface area contributed by atoms with E-state index in [-0.39, 0.29) is 25.9 Å². The van der Waals surface area contributed by atoms with Crippen LogP contribution in [0.5, 0.6) is 0 Å². The minimum atomic E-state index is -3.88. The summed E-state index contributed by atoms with van der Waals surface area (Å²) in [6, 6.07) is 20.9. The Balaban J connectivity index is 1.55. The van der Waals surface area contributed by atoms with Crippen LogP contribution in [0.25, 0.3) is 0 Å². The van der Waals surface area contributed by atoms with Crippen LogP contribution in [0.1, 0.15) is 31.5 Å². The minimum absolute atomic E-state index is 0.0876. The Morgan fingerprint density at radius 1 is 0.721 bits per heavy atom. The van der Waals surface area contributed by atoms with Gasteiger partial charge in [-0.1, -0.05) is 76.7 Å². The first kappa shape index (κ1) is 32.6. The fourth-order valence-electron chi connectivity index (χ4n) is 3.83. The maximum atomic E-state index is 13.3. The van der Waals surface area contributed by atoms with E-state index in [1.165, 1.54) is 36.0 Å². The van der Waals surface area contributed by atoms with Gasteiger partial charge in [0.1, 0.15) is 5.25 Å². The molecule has 4 aromatic rings. The van der Waals surface area contributed by atoms with Gasteiger partial charge in [0, 0.05) is 16.3 Å². The molecule has 9 nitrogen and oxygen atoms in total. The molecule has 0 heterocycles. The number of carboxylic acid groups (broad SMARTS) is 1. The molecule has 0 aliphatic heterocycles. The molecule has 222 valence electrons. The highest BCUT2D eigenvalue weighted by atomic mass is 35.5. The molecule has 0 aliphatic rings. The van der Waals surface area contributed by atoms with Crippen LogP contribution in [0.15, 0.2) is 88.7 Å². The maximum absolute atomic E-state index is 13.3. The first-order valence-corrected chi connectivity index (χ1v) is 15.9. The summed E-state index contributed by atoms with van der Waals surface area (Å²) in [4.78, 5) is 38.8. The van der Waals surface area contributed by atoms with Gasteiger partial charge in [0.15, 0.2) is 0 Å². The molecule has 2 amide bonds. The lowest BCUT2D eigenvalue weighted by atomic mass is 10.1. The fourth-order valence-corrected chi connectivity index (χ4v) is 6.39. The number of primary sulfonamides is 1. The normalized spacial score (nSPS) is 11.9. The average Bonchev–Trinajstić information content (AvgIpc) is 2.97. The van der Waals surface area contributed by atoms with Crippen LogP contribution in [0, 0.1) is 0 Å². The molecule has 0 saturated heterocycles. The van der Waals surface area contributed by atoms with Gasteiger partial charge in [-0.25, -0.2) is 18.4 Å². The third-order valence-corrected chi connectivity index (χ3v) is 9.86. The summed E-state index contributed by atoms with van der Waals surface area (Å²) in [5.74, 6) is -2.77. The lowest BCUT2D eigenvalue weighted by molar-refractivity contribution is -0.115. The van der Waals surface area contributed by atoms with Gasteiger partial charge < -0.3 is 15.7 Å². The maximum Gasteiger partial charge on any atom is 0.338 e. The molecule has 0 aromatic heterocycles. The summed E-state index contributed by atoms with van der Waals surface area (Å²) < 4.78 is 23.1. The summed E-state index contributed by atoms with van der Waals surface area (Å²) in [6.07, 6.45) is 0. The van der Waals surface area contributed by atoms with Gasteiger partial charge in [-0.3, -0.25) is 9.59 Å². The van der Waals surface area contributed by atoms with E-state index < -0.39 is 43.3 Å². The number of benzene rings is 4. The summed E-state index contributed by atoms with van der Waals surface area (Å²) >= 11 is 25.4. The van der Waals surface area contributed by atoms with Crippen LogP contribution in [-0.4, -0.2) is 31.3 Å².